The van der Waals surface area contributed by atoms with Crippen molar-refractivity contribution in [3.05, 3.63) is 34.7 Å². The number of hydrogen-bond donors (Lipinski definition) is 2. The molecule has 0 atom stereocenters. The van der Waals surface area contributed by atoms with Gasteiger partial charge < -0.3 is 10.1 Å². The molecule has 2 N–H and O–H groups in total. The van der Waals surface area contributed by atoms with Gasteiger partial charge in [-0.3, -0.25) is 10.2 Å². The number of ether oxygens (including phenoxy) is 1. The summed E-state index contributed by atoms with van der Waals surface area (Å²) in [6, 6.07) is 7.62. The van der Waals surface area contributed by atoms with Crippen LogP contribution in [0.5, 0.6) is 5.75 Å². The molecular formula is C15H18N2O2S. The molecule has 1 fully saturated rings. The zero-order valence-electron chi connectivity index (χ0n) is 11.6. The van der Waals surface area contributed by atoms with Crippen LogP contribution >= 0.6 is 11.8 Å². The Hall–Kier alpha value is -1.75. The van der Waals surface area contributed by atoms with E-state index in [4.69, 9.17) is 10.1 Å². The van der Waals surface area contributed by atoms with E-state index in [-0.39, 0.29) is 11.1 Å². The van der Waals surface area contributed by atoms with Crippen LogP contribution in [0.4, 0.5) is 0 Å². The topological polar surface area (TPSA) is 62.2 Å². The number of rotatable bonds is 5. The Bertz CT molecular complexity index is 535. The molecule has 0 spiro atoms. The number of benzene rings is 1. The molecule has 1 aliphatic heterocycles. The number of thioether (sulfide) groups is 1. The van der Waals surface area contributed by atoms with E-state index in [9.17, 15) is 4.79 Å². The van der Waals surface area contributed by atoms with E-state index >= 15 is 0 Å². The summed E-state index contributed by atoms with van der Waals surface area (Å²) in [7, 11) is 0. The Balaban J connectivity index is 1.96. The van der Waals surface area contributed by atoms with E-state index in [1.165, 1.54) is 0 Å². The molecule has 0 aromatic heterocycles. The van der Waals surface area contributed by atoms with E-state index in [1.54, 1.807) is 6.08 Å². The van der Waals surface area contributed by atoms with Crippen molar-refractivity contribution in [2.24, 2.45) is 5.92 Å². The summed E-state index contributed by atoms with van der Waals surface area (Å²) < 4.78 is 5.64. The Morgan fingerprint density at radius 3 is 2.60 bits per heavy atom. The second-order valence-corrected chi connectivity index (χ2v) is 6.05. The average molecular weight is 290 g/mol. The van der Waals surface area contributed by atoms with Gasteiger partial charge in [-0.05, 0) is 47.9 Å². The quantitative estimate of drug-likeness (QED) is 0.818. The summed E-state index contributed by atoms with van der Waals surface area (Å²) in [5.74, 6) is 1.26. The second kappa shape index (κ2) is 6.61. The molecule has 1 aromatic rings. The van der Waals surface area contributed by atoms with Crippen LogP contribution in [0.1, 0.15) is 25.8 Å². The second-order valence-electron chi connectivity index (χ2n) is 4.99. The number of carbonyl (C=O) groups is 1. The van der Waals surface area contributed by atoms with Crippen LogP contribution in [-0.2, 0) is 4.79 Å². The Labute approximate surface area is 123 Å². The first-order valence-corrected chi connectivity index (χ1v) is 7.38. The fourth-order valence-corrected chi connectivity index (χ4v) is 2.37. The van der Waals surface area contributed by atoms with Crippen LogP contribution in [0.3, 0.4) is 0 Å². The molecule has 1 heterocycles. The number of carbonyl (C=O) groups excluding carboxylic acids is 1. The van der Waals surface area contributed by atoms with E-state index in [1.807, 2.05) is 24.3 Å². The third-order valence-electron chi connectivity index (χ3n) is 2.80. The van der Waals surface area contributed by atoms with E-state index in [2.05, 4.69) is 19.2 Å². The van der Waals surface area contributed by atoms with Crippen LogP contribution < -0.4 is 10.1 Å². The molecule has 0 bridgehead atoms. The molecule has 1 aromatic carbocycles. The van der Waals surface area contributed by atoms with Crippen molar-refractivity contribution in [3.8, 4) is 5.75 Å². The van der Waals surface area contributed by atoms with Gasteiger partial charge in [0.1, 0.15) is 5.75 Å². The third-order valence-corrected chi connectivity index (χ3v) is 3.63. The lowest BCUT2D eigenvalue weighted by Gasteiger charge is -2.08. The van der Waals surface area contributed by atoms with Crippen molar-refractivity contribution >= 4 is 28.9 Å². The Morgan fingerprint density at radius 2 is 2.05 bits per heavy atom. The largest absolute Gasteiger partial charge is 0.494 e. The summed E-state index contributed by atoms with van der Waals surface area (Å²) >= 11 is 1.14. The van der Waals surface area contributed by atoms with Gasteiger partial charge in [0.05, 0.1) is 11.5 Å². The van der Waals surface area contributed by atoms with E-state index < -0.39 is 0 Å². The molecule has 5 heteroatoms. The molecule has 1 amide bonds. The summed E-state index contributed by atoms with van der Waals surface area (Å²) in [4.78, 5) is 12.0. The normalized spacial score (nSPS) is 16.9. The SMILES string of the molecule is CC(C)CCOc1ccc(/C=C2/SC(=N)NC2=O)cc1. The van der Waals surface area contributed by atoms with Gasteiger partial charge in [-0.25, -0.2) is 0 Å². The predicted octanol–water partition coefficient (Wildman–Crippen LogP) is 3.25. The number of nitrogens with one attached hydrogen (secondary N) is 2. The monoisotopic (exact) mass is 290 g/mol. The van der Waals surface area contributed by atoms with Gasteiger partial charge in [0.25, 0.3) is 5.91 Å². The van der Waals surface area contributed by atoms with Crippen LogP contribution in [0.2, 0.25) is 0 Å². The van der Waals surface area contributed by atoms with Crippen molar-refractivity contribution in [1.29, 1.82) is 5.41 Å². The predicted molar refractivity (Wildman–Crippen MR) is 82.8 cm³/mol. The molecule has 1 saturated heterocycles. The summed E-state index contributed by atoms with van der Waals surface area (Å²) in [5.41, 5.74) is 0.925. The lowest BCUT2D eigenvalue weighted by atomic mass is 10.1. The van der Waals surface area contributed by atoms with Gasteiger partial charge in [-0.2, -0.15) is 0 Å². The molecule has 0 aliphatic carbocycles. The molecule has 20 heavy (non-hydrogen) atoms. The molecule has 1 aliphatic rings. The van der Waals surface area contributed by atoms with Crippen molar-refractivity contribution in [1.82, 2.24) is 5.32 Å². The highest BCUT2D eigenvalue weighted by molar-refractivity contribution is 8.18. The van der Waals surface area contributed by atoms with Crippen molar-refractivity contribution in [2.75, 3.05) is 6.61 Å². The van der Waals surface area contributed by atoms with Gasteiger partial charge in [0.15, 0.2) is 5.17 Å². The zero-order valence-corrected chi connectivity index (χ0v) is 12.4. The highest BCUT2D eigenvalue weighted by Crippen LogP contribution is 2.25. The summed E-state index contributed by atoms with van der Waals surface area (Å²) in [6.45, 7) is 5.05. The fraction of sp³-hybridized carbons (Fsp3) is 0.333. The van der Waals surface area contributed by atoms with Gasteiger partial charge in [-0.1, -0.05) is 26.0 Å². The smallest absolute Gasteiger partial charge is 0.264 e. The zero-order chi connectivity index (χ0) is 14.5. The van der Waals surface area contributed by atoms with Crippen LogP contribution in [0.25, 0.3) is 6.08 Å². The average Bonchev–Trinajstić information content (AvgIpc) is 2.69. The first-order valence-electron chi connectivity index (χ1n) is 6.57. The van der Waals surface area contributed by atoms with Gasteiger partial charge >= 0.3 is 0 Å². The molecule has 0 saturated carbocycles. The molecule has 0 unspecified atom stereocenters. The maximum absolute atomic E-state index is 11.5. The van der Waals surface area contributed by atoms with Crippen LogP contribution in [0.15, 0.2) is 29.2 Å². The molecule has 4 nitrogen and oxygen atoms in total. The number of hydrogen-bond acceptors (Lipinski definition) is 4. The van der Waals surface area contributed by atoms with Gasteiger partial charge in [-0.15, -0.1) is 0 Å². The minimum atomic E-state index is -0.211. The molecule has 106 valence electrons. The van der Waals surface area contributed by atoms with E-state index in [0.717, 1.165) is 29.5 Å². The Morgan fingerprint density at radius 1 is 1.35 bits per heavy atom. The van der Waals surface area contributed by atoms with E-state index in [0.29, 0.717) is 17.4 Å². The highest BCUT2D eigenvalue weighted by atomic mass is 32.2. The highest BCUT2D eigenvalue weighted by Gasteiger charge is 2.21. The van der Waals surface area contributed by atoms with Crippen molar-refractivity contribution in [3.63, 3.8) is 0 Å². The fourth-order valence-electron chi connectivity index (χ4n) is 1.67. The first-order chi connectivity index (χ1) is 9.54. The minimum Gasteiger partial charge on any atom is -0.494 e. The number of amidine groups is 1. The maximum Gasteiger partial charge on any atom is 0.264 e. The maximum atomic E-state index is 11.5. The first kappa shape index (κ1) is 14.7. The third kappa shape index (κ3) is 4.13. The summed E-state index contributed by atoms with van der Waals surface area (Å²) in [5, 5.41) is 10.0. The lowest BCUT2D eigenvalue weighted by molar-refractivity contribution is -0.115. The number of amides is 1. The van der Waals surface area contributed by atoms with Crippen molar-refractivity contribution < 1.29 is 9.53 Å². The van der Waals surface area contributed by atoms with Crippen LogP contribution in [-0.4, -0.2) is 17.7 Å². The standard InChI is InChI=1S/C15H18N2O2S/c1-10(2)7-8-19-12-5-3-11(4-6-12)9-13-14(18)17-15(16)20-13/h3-6,9-10H,7-8H2,1-2H3,(H2,16,17,18)/b13-9+. The van der Waals surface area contributed by atoms with Crippen LogP contribution in [0, 0.1) is 11.3 Å². The van der Waals surface area contributed by atoms with Crippen molar-refractivity contribution in [2.45, 2.75) is 20.3 Å². The van der Waals surface area contributed by atoms with Gasteiger partial charge in [0.2, 0.25) is 0 Å². The lowest BCUT2D eigenvalue weighted by Crippen LogP contribution is -2.18. The molecule has 0 radical (unpaired) electrons. The molecular weight excluding hydrogens is 272 g/mol. The van der Waals surface area contributed by atoms with Gasteiger partial charge in [0, 0.05) is 0 Å². The summed E-state index contributed by atoms with van der Waals surface area (Å²) in [6.07, 6.45) is 2.81. The molecule has 2 rings (SSSR count). The Kier molecular flexibility index (Phi) is 4.84. The minimum absolute atomic E-state index is 0.176.